The van der Waals surface area contributed by atoms with E-state index in [0.29, 0.717) is 19.1 Å². The molecule has 1 fully saturated rings. The molecule has 9 heteroatoms. The Hall–Kier alpha value is -2.55. The number of ether oxygens (including phenoxy) is 1. The third-order valence-corrected chi connectivity index (χ3v) is 6.54. The molecule has 0 N–H and O–H groups in total. The third-order valence-electron chi connectivity index (χ3n) is 6.30. The van der Waals surface area contributed by atoms with Crippen LogP contribution in [0.5, 0.6) is 0 Å². The molecule has 0 spiro atoms. The Bertz CT molecular complexity index is 1080. The molecule has 3 aromatic rings. The maximum Gasteiger partial charge on any atom is 0.151 e. The summed E-state index contributed by atoms with van der Waals surface area (Å²) in [4.78, 5) is 8.76. The van der Waals surface area contributed by atoms with Crippen LogP contribution in [-0.2, 0) is 17.8 Å². The summed E-state index contributed by atoms with van der Waals surface area (Å²) in [7, 11) is 1.72. The van der Waals surface area contributed by atoms with Crippen LogP contribution in [0.25, 0.3) is 5.69 Å². The highest BCUT2D eigenvalue weighted by molar-refractivity contribution is 6.30. The van der Waals surface area contributed by atoms with Crippen molar-refractivity contribution in [2.75, 3.05) is 38.3 Å². The summed E-state index contributed by atoms with van der Waals surface area (Å²) < 4.78 is 20.7. The number of hydrogen-bond donors (Lipinski definition) is 0. The number of rotatable bonds is 5. The lowest BCUT2D eigenvalue weighted by Crippen LogP contribution is -2.34. The molecule has 0 aliphatic carbocycles. The van der Waals surface area contributed by atoms with Gasteiger partial charge in [0.2, 0.25) is 0 Å². The van der Waals surface area contributed by atoms with E-state index < -0.39 is 0 Å². The molecule has 0 radical (unpaired) electrons. The molecule has 1 saturated heterocycles. The molecular formula is C23H26ClFN6O. The topological polar surface area (TPSA) is 59.3 Å². The Morgan fingerprint density at radius 2 is 1.97 bits per heavy atom. The van der Waals surface area contributed by atoms with E-state index in [1.54, 1.807) is 13.2 Å². The maximum atomic E-state index is 13.2. The Labute approximate surface area is 191 Å². The van der Waals surface area contributed by atoms with Gasteiger partial charge < -0.3 is 9.64 Å². The summed E-state index contributed by atoms with van der Waals surface area (Å²) in [6.45, 7) is 4.66. The number of pyridine rings is 1. The van der Waals surface area contributed by atoms with Crippen molar-refractivity contribution in [3.8, 4) is 5.69 Å². The molecule has 0 atom stereocenters. The van der Waals surface area contributed by atoms with E-state index in [-0.39, 0.29) is 5.82 Å². The molecule has 2 aliphatic rings. The van der Waals surface area contributed by atoms with Crippen molar-refractivity contribution in [1.82, 2.24) is 24.6 Å². The number of aromatic nitrogens is 4. The highest BCUT2D eigenvalue weighted by Crippen LogP contribution is 2.34. The summed E-state index contributed by atoms with van der Waals surface area (Å²) in [6.07, 6.45) is 3.15. The van der Waals surface area contributed by atoms with Gasteiger partial charge in [0.25, 0.3) is 0 Å². The molecule has 0 bridgehead atoms. The van der Waals surface area contributed by atoms with Gasteiger partial charge in [-0.05, 0) is 48.7 Å². The van der Waals surface area contributed by atoms with Crippen LogP contribution >= 0.6 is 11.6 Å². The van der Waals surface area contributed by atoms with Crippen molar-refractivity contribution in [2.45, 2.75) is 31.8 Å². The number of nitrogens with zero attached hydrogens (tertiary/aromatic N) is 6. The second kappa shape index (κ2) is 9.13. The zero-order chi connectivity index (χ0) is 22.1. The van der Waals surface area contributed by atoms with E-state index in [4.69, 9.17) is 16.3 Å². The van der Waals surface area contributed by atoms with Gasteiger partial charge >= 0.3 is 0 Å². The summed E-state index contributed by atoms with van der Waals surface area (Å²) in [5.41, 5.74) is 2.27. The van der Waals surface area contributed by atoms with Crippen LogP contribution < -0.4 is 4.90 Å². The zero-order valence-electron chi connectivity index (χ0n) is 18.0. The van der Waals surface area contributed by atoms with E-state index in [9.17, 15) is 4.39 Å². The molecule has 4 heterocycles. The molecule has 0 saturated carbocycles. The van der Waals surface area contributed by atoms with Crippen molar-refractivity contribution in [3.05, 3.63) is 64.6 Å². The van der Waals surface area contributed by atoms with Crippen molar-refractivity contribution in [2.24, 2.45) is 0 Å². The molecule has 5 rings (SSSR count). The SMILES string of the molecule is COCCN1Cc2cc(Cl)ccc2-n2c(nnc2C2CCN(c3ccc(F)cn3)CC2)C1. The Kier molecular flexibility index (Phi) is 6.08. The first-order chi connectivity index (χ1) is 15.6. The van der Waals surface area contributed by atoms with Gasteiger partial charge in [-0.25, -0.2) is 9.37 Å². The number of methoxy groups -OCH3 is 1. The lowest BCUT2D eigenvalue weighted by Gasteiger charge is -2.32. The van der Waals surface area contributed by atoms with E-state index >= 15 is 0 Å². The fraction of sp³-hybridized carbons (Fsp3) is 0.435. The Morgan fingerprint density at radius 3 is 2.72 bits per heavy atom. The van der Waals surface area contributed by atoms with Crippen LogP contribution in [0.3, 0.4) is 0 Å². The minimum absolute atomic E-state index is 0.294. The molecule has 0 unspecified atom stereocenters. The number of benzene rings is 1. The van der Waals surface area contributed by atoms with E-state index in [1.165, 1.54) is 17.8 Å². The van der Waals surface area contributed by atoms with Gasteiger partial charge in [-0.1, -0.05) is 11.6 Å². The minimum Gasteiger partial charge on any atom is -0.383 e. The molecule has 7 nitrogen and oxygen atoms in total. The molecular weight excluding hydrogens is 431 g/mol. The molecule has 2 aromatic heterocycles. The predicted octanol–water partition coefficient (Wildman–Crippen LogP) is 3.80. The summed E-state index contributed by atoms with van der Waals surface area (Å²) in [5.74, 6) is 2.75. The second-order valence-electron chi connectivity index (χ2n) is 8.38. The number of hydrogen-bond acceptors (Lipinski definition) is 6. The summed E-state index contributed by atoms with van der Waals surface area (Å²) in [6, 6.07) is 9.25. The normalized spacial score (nSPS) is 17.2. The van der Waals surface area contributed by atoms with Crippen molar-refractivity contribution in [3.63, 3.8) is 0 Å². The lowest BCUT2D eigenvalue weighted by atomic mass is 9.95. The Morgan fingerprint density at radius 1 is 1.12 bits per heavy atom. The van der Waals surface area contributed by atoms with Crippen LogP contribution in [0.15, 0.2) is 36.5 Å². The van der Waals surface area contributed by atoms with E-state index in [1.807, 2.05) is 12.1 Å². The average molecular weight is 457 g/mol. The highest BCUT2D eigenvalue weighted by Gasteiger charge is 2.30. The fourth-order valence-corrected chi connectivity index (χ4v) is 4.85. The number of piperidine rings is 1. The quantitative estimate of drug-likeness (QED) is 0.582. The van der Waals surface area contributed by atoms with Crippen LogP contribution in [0.1, 0.15) is 36.0 Å². The first kappa shape index (κ1) is 21.3. The highest BCUT2D eigenvalue weighted by atomic mass is 35.5. The van der Waals surface area contributed by atoms with Gasteiger partial charge in [0.1, 0.15) is 17.5 Å². The Balaban J connectivity index is 1.41. The second-order valence-corrected chi connectivity index (χ2v) is 8.82. The fourth-order valence-electron chi connectivity index (χ4n) is 4.66. The minimum atomic E-state index is -0.312. The van der Waals surface area contributed by atoms with E-state index in [2.05, 4.69) is 35.6 Å². The zero-order valence-corrected chi connectivity index (χ0v) is 18.8. The molecule has 168 valence electrons. The lowest BCUT2D eigenvalue weighted by molar-refractivity contribution is 0.139. The summed E-state index contributed by atoms with van der Waals surface area (Å²) in [5, 5.41) is 9.97. The predicted molar refractivity (Wildman–Crippen MR) is 121 cm³/mol. The van der Waals surface area contributed by atoms with Gasteiger partial charge in [0.05, 0.1) is 25.0 Å². The number of halogens is 2. The molecule has 32 heavy (non-hydrogen) atoms. The van der Waals surface area contributed by atoms with Crippen LogP contribution in [-0.4, -0.2) is 58.0 Å². The number of fused-ring (bicyclic) bond motifs is 3. The molecule has 0 amide bonds. The van der Waals surface area contributed by atoms with Crippen molar-refractivity contribution < 1.29 is 9.13 Å². The van der Waals surface area contributed by atoms with Gasteiger partial charge in [-0.3, -0.25) is 9.47 Å². The van der Waals surface area contributed by atoms with E-state index in [0.717, 1.165) is 67.2 Å². The van der Waals surface area contributed by atoms with Crippen molar-refractivity contribution in [1.29, 1.82) is 0 Å². The van der Waals surface area contributed by atoms with Crippen molar-refractivity contribution >= 4 is 17.4 Å². The standard InChI is InChI=1S/C23H26ClFN6O/c1-32-11-10-29-14-17-12-18(24)2-4-20(17)31-22(15-29)27-28-23(31)16-6-8-30(9-7-16)21-5-3-19(25)13-26-21/h2-5,12-13,16H,6-11,14-15H2,1H3. The largest absolute Gasteiger partial charge is 0.383 e. The first-order valence-electron chi connectivity index (χ1n) is 10.9. The average Bonchev–Trinajstić information content (AvgIpc) is 3.14. The van der Waals surface area contributed by atoms with Crippen LogP contribution in [0.2, 0.25) is 5.02 Å². The number of anilines is 1. The smallest absolute Gasteiger partial charge is 0.151 e. The third kappa shape index (κ3) is 4.22. The first-order valence-corrected chi connectivity index (χ1v) is 11.3. The molecule has 2 aliphatic heterocycles. The van der Waals surface area contributed by atoms with Gasteiger partial charge in [0.15, 0.2) is 5.82 Å². The van der Waals surface area contributed by atoms with Gasteiger partial charge in [0, 0.05) is 44.2 Å². The summed E-state index contributed by atoms with van der Waals surface area (Å²) >= 11 is 6.34. The maximum absolute atomic E-state index is 13.2. The van der Waals surface area contributed by atoms with Gasteiger partial charge in [-0.15, -0.1) is 10.2 Å². The monoisotopic (exact) mass is 456 g/mol. The van der Waals surface area contributed by atoms with Crippen LogP contribution in [0, 0.1) is 5.82 Å². The van der Waals surface area contributed by atoms with Gasteiger partial charge in [-0.2, -0.15) is 0 Å². The molecule has 1 aromatic carbocycles. The van der Waals surface area contributed by atoms with Crippen LogP contribution in [0.4, 0.5) is 10.2 Å².